The Morgan fingerprint density at radius 1 is 1.52 bits per heavy atom. The molecule has 0 spiro atoms. The highest BCUT2D eigenvalue weighted by molar-refractivity contribution is 9.10. The third kappa shape index (κ3) is 2.51. The number of allylic oxidation sites excluding steroid dienone is 3. The van der Waals surface area contributed by atoms with Gasteiger partial charge in [-0.05, 0) is 47.0 Å². The van der Waals surface area contributed by atoms with Crippen LogP contribution in [0.25, 0.3) is 0 Å². The topological polar surface area (TPSA) is 49.3 Å². The summed E-state index contributed by atoms with van der Waals surface area (Å²) in [5, 5.41) is 12.8. The number of nitrogens with one attached hydrogen (secondary N) is 1. The van der Waals surface area contributed by atoms with Gasteiger partial charge in [-0.15, -0.1) is 11.8 Å². The number of dihydropyridines is 1. The van der Waals surface area contributed by atoms with E-state index in [1.54, 1.807) is 30.8 Å². The van der Waals surface area contributed by atoms with Crippen LogP contribution in [0.5, 0.6) is 0 Å². The first-order valence-corrected chi connectivity index (χ1v) is 8.28. The lowest BCUT2D eigenvalue weighted by molar-refractivity contribution is -0.133. The monoisotopic (exact) mass is 369 g/mol. The minimum absolute atomic E-state index is 0.330. The number of aliphatic carboxylic acids is 1. The van der Waals surface area contributed by atoms with Gasteiger partial charge in [0.15, 0.2) is 0 Å². The molecular weight excluding hydrogens is 357 g/mol. The van der Waals surface area contributed by atoms with Crippen molar-refractivity contribution >= 4 is 33.7 Å². The van der Waals surface area contributed by atoms with Crippen molar-refractivity contribution in [2.24, 2.45) is 0 Å². The first-order chi connectivity index (χ1) is 9.99. The molecule has 1 aromatic rings. The van der Waals surface area contributed by atoms with Crippen LogP contribution in [-0.2, 0) is 4.79 Å². The van der Waals surface area contributed by atoms with Gasteiger partial charge in [-0.25, -0.2) is 9.18 Å². The maximum absolute atomic E-state index is 13.5. The number of thioether (sulfide) groups is 1. The third-order valence-corrected chi connectivity index (χ3v) is 5.52. The number of carbonyl (C=O) groups is 1. The van der Waals surface area contributed by atoms with E-state index in [4.69, 9.17) is 0 Å². The fraction of sp³-hybridized carbons (Fsp3) is 0.267. The lowest BCUT2D eigenvalue weighted by Gasteiger charge is -2.28. The molecule has 1 aromatic carbocycles. The van der Waals surface area contributed by atoms with Gasteiger partial charge >= 0.3 is 5.97 Å². The predicted octanol–water partition coefficient (Wildman–Crippen LogP) is 3.98. The Labute approximate surface area is 134 Å². The molecule has 2 N–H and O–H groups in total. The first-order valence-electron chi connectivity index (χ1n) is 6.51. The Kier molecular flexibility index (Phi) is 3.84. The smallest absolute Gasteiger partial charge is 0.334 e. The second-order valence-electron chi connectivity index (χ2n) is 5.02. The van der Waals surface area contributed by atoms with E-state index in [0.717, 1.165) is 28.3 Å². The van der Waals surface area contributed by atoms with Crippen LogP contribution in [0.4, 0.5) is 4.39 Å². The molecule has 0 aliphatic carbocycles. The van der Waals surface area contributed by atoms with Crippen molar-refractivity contribution in [2.45, 2.75) is 19.3 Å². The summed E-state index contributed by atoms with van der Waals surface area (Å²) < 4.78 is 13.8. The van der Waals surface area contributed by atoms with E-state index in [2.05, 4.69) is 21.2 Å². The van der Waals surface area contributed by atoms with Crippen molar-refractivity contribution in [3.05, 3.63) is 55.9 Å². The van der Waals surface area contributed by atoms with Crippen molar-refractivity contribution in [3.8, 4) is 0 Å². The highest BCUT2D eigenvalue weighted by Crippen LogP contribution is 2.48. The minimum atomic E-state index is -0.940. The number of benzene rings is 1. The Morgan fingerprint density at radius 2 is 2.29 bits per heavy atom. The van der Waals surface area contributed by atoms with Gasteiger partial charge in [-0.3, -0.25) is 0 Å². The summed E-state index contributed by atoms with van der Waals surface area (Å²) in [5.74, 6) is -0.678. The molecule has 0 amide bonds. The summed E-state index contributed by atoms with van der Waals surface area (Å²) in [6.45, 7) is 1.78. The van der Waals surface area contributed by atoms with E-state index < -0.39 is 5.97 Å². The summed E-state index contributed by atoms with van der Waals surface area (Å²) >= 11 is 4.85. The van der Waals surface area contributed by atoms with Gasteiger partial charge in [0.25, 0.3) is 0 Å². The molecule has 21 heavy (non-hydrogen) atoms. The number of rotatable bonds is 2. The Bertz CT molecular complexity index is 699. The SMILES string of the molecule is CC1=C(C(=O)O)C(c2ccc(F)c(Br)c2)C2=C(CCS2)N1. The molecule has 6 heteroatoms. The van der Waals surface area contributed by atoms with E-state index in [1.165, 1.54) is 6.07 Å². The average molecular weight is 370 g/mol. The molecule has 2 aliphatic rings. The fourth-order valence-corrected chi connectivity index (χ4v) is 4.46. The van der Waals surface area contributed by atoms with E-state index >= 15 is 0 Å². The lowest BCUT2D eigenvalue weighted by atomic mass is 9.86. The van der Waals surface area contributed by atoms with Gasteiger partial charge in [0, 0.05) is 22.1 Å². The summed E-state index contributed by atoms with van der Waals surface area (Å²) in [7, 11) is 0. The molecule has 1 unspecified atom stereocenters. The molecule has 0 saturated carbocycles. The largest absolute Gasteiger partial charge is 0.478 e. The number of carboxylic acids is 1. The molecule has 2 aliphatic heterocycles. The van der Waals surface area contributed by atoms with Crippen LogP contribution in [0.2, 0.25) is 0 Å². The van der Waals surface area contributed by atoms with E-state index in [9.17, 15) is 14.3 Å². The van der Waals surface area contributed by atoms with Crippen LogP contribution in [0.3, 0.4) is 0 Å². The van der Waals surface area contributed by atoms with Crippen LogP contribution in [-0.4, -0.2) is 16.8 Å². The molecule has 0 saturated heterocycles. The third-order valence-electron chi connectivity index (χ3n) is 3.71. The van der Waals surface area contributed by atoms with Gasteiger partial charge in [0.2, 0.25) is 0 Å². The van der Waals surface area contributed by atoms with Crippen LogP contribution < -0.4 is 5.32 Å². The second kappa shape index (κ2) is 5.50. The number of hydrogen-bond acceptors (Lipinski definition) is 3. The average Bonchev–Trinajstić information content (AvgIpc) is 2.87. The van der Waals surface area contributed by atoms with Crippen molar-refractivity contribution in [1.29, 1.82) is 0 Å². The van der Waals surface area contributed by atoms with E-state index in [-0.39, 0.29) is 11.7 Å². The second-order valence-corrected chi connectivity index (χ2v) is 7.01. The maximum Gasteiger partial charge on any atom is 0.334 e. The standard InChI is InChI=1S/C15H13BrFNO2S/c1-7-12(15(19)20)13(14-11(18-7)4-5-21-14)8-2-3-10(17)9(16)6-8/h2-3,6,13,18H,4-5H2,1H3,(H,19,20). The Morgan fingerprint density at radius 3 is 2.95 bits per heavy atom. The van der Waals surface area contributed by atoms with Crippen molar-refractivity contribution in [2.75, 3.05) is 5.75 Å². The fourth-order valence-electron chi connectivity index (χ4n) is 2.79. The van der Waals surface area contributed by atoms with Crippen LogP contribution in [0.15, 0.2) is 44.5 Å². The highest BCUT2D eigenvalue weighted by atomic mass is 79.9. The predicted molar refractivity (Wildman–Crippen MR) is 84.4 cm³/mol. The number of halogens is 2. The van der Waals surface area contributed by atoms with E-state index in [1.807, 2.05) is 0 Å². The van der Waals surface area contributed by atoms with Crippen LogP contribution >= 0.6 is 27.7 Å². The first kappa shape index (κ1) is 14.7. The van der Waals surface area contributed by atoms with Gasteiger partial charge < -0.3 is 10.4 Å². The molecule has 0 bridgehead atoms. The lowest BCUT2D eigenvalue weighted by Crippen LogP contribution is -2.26. The summed E-state index contributed by atoms with van der Waals surface area (Å²) in [6.07, 6.45) is 0.906. The Hall–Kier alpha value is -1.27. The zero-order valence-electron chi connectivity index (χ0n) is 11.2. The normalized spacial score (nSPS) is 21.4. The molecular formula is C15H13BrFNO2S. The van der Waals surface area contributed by atoms with Crippen molar-refractivity contribution < 1.29 is 14.3 Å². The minimum Gasteiger partial charge on any atom is -0.478 e. The Balaban J connectivity index is 2.15. The quantitative estimate of drug-likeness (QED) is 0.827. The molecule has 3 nitrogen and oxygen atoms in total. The summed E-state index contributed by atoms with van der Waals surface area (Å²) in [4.78, 5) is 12.7. The molecule has 1 atom stereocenters. The molecule has 0 aromatic heterocycles. The van der Waals surface area contributed by atoms with Gasteiger partial charge in [-0.2, -0.15) is 0 Å². The molecule has 110 valence electrons. The zero-order valence-corrected chi connectivity index (χ0v) is 13.6. The maximum atomic E-state index is 13.5. The molecule has 0 fully saturated rings. The van der Waals surface area contributed by atoms with Gasteiger partial charge in [0.1, 0.15) is 5.82 Å². The van der Waals surface area contributed by atoms with Crippen LogP contribution in [0, 0.1) is 5.82 Å². The summed E-state index contributed by atoms with van der Waals surface area (Å²) in [5.41, 5.74) is 2.88. The molecule has 2 heterocycles. The van der Waals surface area contributed by atoms with Crippen molar-refractivity contribution in [3.63, 3.8) is 0 Å². The highest BCUT2D eigenvalue weighted by Gasteiger charge is 2.36. The van der Waals surface area contributed by atoms with E-state index in [0.29, 0.717) is 15.7 Å². The molecule has 0 radical (unpaired) electrons. The van der Waals surface area contributed by atoms with Gasteiger partial charge in [-0.1, -0.05) is 6.07 Å². The van der Waals surface area contributed by atoms with Gasteiger partial charge in [0.05, 0.1) is 16.0 Å². The van der Waals surface area contributed by atoms with Crippen molar-refractivity contribution in [1.82, 2.24) is 5.32 Å². The number of carboxylic acid groups (broad SMARTS) is 1. The summed E-state index contributed by atoms with van der Waals surface area (Å²) in [6, 6.07) is 4.71. The molecule has 3 rings (SSSR count). The zero-order chi connectivity index (χ0) is 15.1. The van der Waals surface area contributed by atoms with Crippen LogP contribution in [0.1, 0.15) is 24.8 Å². The number of hydrogen-bond donors (Lipinski definition) is 2.